The van der Waals surface area contributed by atoms with Gasteiger partial charge in [-0.05, 0) is 43.9 Å². The summed E-state index contributed by atoms with van der Waals surface area (Å²) in [4.78, 5) is 4.64. The van der Waals surface area contributed by atoms with E-state index in [1.165, 1.54) is 0 Å². The third-order valence-corrected chi connectivity index (χ3v) is 4.96. The first-order chi connectivity index (χ1) is 9.96. The number of hydrogen-bond donors (Lipinski definition) is 2. The molecule has 116 valence electrons. The van der Waals surface area contributed by atoms with E-state index < -0.39 is 10.0 Å². The van der Waals surface area contributed by atoms with Crippen molar-refractivity contribution in [3.8, 4) is 0 Å². The zero-order chi connectivity index (χ0) is 15.5. The number of rotatable bonds is 5. The van der Waals surface area contributed by atoms with Crippen molar-refractivity contribution in [1.82, 2.24) is 4.72 Å². The molecule has 1 aromatic rings. The van der Waals surface area contributed by atoms with Gasteiger partial charge in [0.05, 0.1) is 11.7 Å². The minimum absolute atomic E-state index is 0.0700. The molecule has 1 heterocycles. The molecule has 0 fully saturated rings. The van der Waals surface area contributed by atoms with Crippen LogP contribution >= 0.6 is 0 Å². The number of hydrogen-bond acceptors (Lipinski definition) is 3. The van der Waals surface area contributed by atoms with Gasteiger partial charge in [0.2, 0.25) is 5.96 Å². The van der Waals surface area contributed by atoms with Crippen molar-refractivity contribution in [2.45, 2.75) is 57.4 Å². The minimum atomic E-state index is -3.54. The molecule has 5 nitrogen and oxygen atoms in total. The van der Waals surface area contributed by atoms with Crippen molar-refractivity contribution in [1.29, 1.82) is 0 Å². The first-order valence-corrected chi connectivity index (χ1v) is 8.95. The summed E-state index contributed by atoms with van der Waals surface area (Å²) in [6.07, 6.45) is 3.90. The Morgan fingerprint density at radius 2 is 2.05 bits per heavy atom. The van der Waals surface area contributed by atoms with Gasteiger partial charge in [0.15, 0.2) is 0 Å². The van der Waals surface area contributed by atoms with Crippen LogP contribution in [0.4, 0.5) is 5.69 Å². The fraction of sp³-hybridized carbons (Fsp3) is 0.533. The van der Waals surface area contributed by atoms with Crippen LogP contribution in [0.1, 0.15) is 45.6 Å². The van der Waals surface area contributed by atoms with Crippen LogP contribution in [0, 0.1) is 0 Å². The highest BCUT2D eigenvalue weighted by Crippen LogP contribution is 2.26. The van der Waals surface area contributed by atoms with Gasteiger partial charge in [-0.25, -0.2) is 18.1 Å². The largest absolute Gasteiger partial charge is 0.324 e. The lowest BCUT2D eigenvalue weighted by Crippen LogP contribution is -2.41. The van der Waals surface area contributed by atoms with Crippen molar-refractivity contribution in [3.63, 3.8) is 0 Å². The van der Waals surface area contributed by atoms with Gasteiger partial charge < -0.3 is 5.32 Å². The summed E-state index contributed by atoms with van der Waals surface area (Å²) >= 11 is 0. The monoisotopic (exact) mass is 309 g/mol. The first-order valence-electron chi connectivity index (χ1n) is 7.46. The van der Waals surface area contributed by atoms with Gasteiger partial charge in [-0.1, -0.05) is 26.3 Å². The number of fused-ring (bicyclic) bond motifs is 1. The minimum Gasteiger partial charge on any atom is -0.324 e. The molecule has 1 unspecified atom stereocenters. The highest BCUT2D eigenvalue weighted by atomic mass is 32.2. The Morgan fingerprint density at radius 3 is 2.71 bits per heavy atom. The Hall–Kier alpha value is -1.56. The van der Waals surface area contributed by atoms with Crippen LogP contribution in [0.5, 0.6) is 0 Å². The fourth-order valence-corrected chi connectivity index (χ4v) is 3.32. The second kappa shape index (κ2) is 6.47. The predicted molar refractivity (Wildman–Crippen MR) is 86.2 cm³/mol. The lowest BCUT2D eigenvalue weighted by atomic mass is 10.1. The van der Waals surface area contributed by atoms with Gasteiger partial charge in [0.25, 0.3) is 10.0 Å². The zero-order valence-electron chi connectivity index (χ0n) is 12.8. The number of benzene rings is 1. The Morgan fingerprint density at radius 1 is 1.29 bits per heavy atom. The number of guanidine groups is 1. The molecule has 0 aromatic heterocycles. The maximum absolute atomic E-state index is 12.3. The molecule has 1 aromatic carbocycles. The summed E-state index contributed by atoms with van der Waals surface area (Å²) in [5.74, 6) is 0.304. The molecule has 0 saturated heterocycles. The van der Waals surface area contributed by atoms with Gasteiger partial charge in [0.1, 0.15) is 4.90 Å². The lowest BCUT2D eigenvalue weighted by Gasteiger charge is -2.23. The summed E-state index contributed by atoms with van der Waals surface area (Å²) in [5.41, 5.74) is 1.64. The molecule has 6 heteroatoms. The van der Waals surface area contributed by atoms with Crippen molar-refractivity contribution < 1.29 is 8.42 Å². The third-order valence-electron chi connectivity index (χ3n) is 3.58. The van der Waals surface area contributed by atoms with Gasteiger partial charge >= 0.3 is 0 Å². The molecule has 2 rings (SSSR count). The van der Waals surface area contributed by atoms with E-state index in [0.29, 0.717) is 16.5 Å². The molecule has 1 atom stereocenters. The number of aryl methyl sites for hydroxylation is 1. The molecule has 0 radical (unpaired) electrons. The average molecular weight is 309 g/mol. The number of nitrogens with zero attached hydrogens (tertiary/aromatic N) is 1. The summed E-state index contributed by atoms with van der Waals surface area (Å²) < 4.78 is 27.2. The topological polar surface area (TPSA) is 70.6 Å². The molecule has 0 saturated carbocycles. The van der Waals surface area contributed by atoms with Crippen molar-refractivity contribution in [2.24, 2.45) is 4.99 Å². The molecule has 1 aliphatic rings. The SMILES string of the molecule is CCCCc1ccc2c(c1)S(=O)(=O)NC(=NC(C)CC)N2. The van der Waals surface area contributed by atoms with E-state index in [9.17, 15) is 8.42 Å². The molecule has 0 aliphatic carbocycles. The lowest BCUT2D eigenvalue weighted by molar-refractivity contribution is 0.591. The summed E-state index contributed by atoms with van der Waals surface area (Å²) in [7, 11) is -3.54. The number of nitrogens with one attached hydrogen (secondary N) is 2. The predicted octanol–water partition coefficient (Wildman–Crippen LogP) is 2.89. The number of unbranched alkanes of at least 4 members (excludes halogenated alkanes) is 1. The number of aliphatic imine (C=N–C) groups is 1. The van der Waals surface area contributed by atoms with Crippen LogP contribution in [0.25, 0.3) is 0 Å². The van der Waals surface area contributed by atoms with E-state index in [1.54, 1.807) is 6.07 Å². The van der Waals surface area contributed by atoms with Gasteiger partial charge in [-0.15, -0.1) is 0 Å². The maximum atomic E-state index is 12.3. The molecular formula is C15H23N3O2S. The molecule has 2 N–H and O–H groups in total. The van der Waals surface area contributed by atoms with E-state index in [2.05, 4.69) is 22.0 Å². The van der Waals surface area contributed by atoms with Crippen molar-refractivity contribution in [3.05, 3.63) is 23.8 Å². The third kappa shape index (κ3) is 3.75. The summed E-state index contributed by atoms with van der Waals surface area (Å²) in [6, 6.07) is 5.62. The van der Waals surface area contributed by atoms with Crippen LogP contribution in [-0.4, -0.2) is 20.4 Å². The molecule has 21 heavy (non-hydrogen) atoms. The molecule has 0 bridgehead atoms. The van der Waals surface area contributed by atoms with E-state index >= 15 is 0 Å². The molecule has 0 amide bonds. The maximum Gasteiger partial charge on any atom is 0.266 e. The van der Waals surface area contributed by atoms with Crippen molar-refractivity contribution in [2.75, 3.05) is 5.32 Å². The number of anilines is 1. The molecule has 0 spiro atoms. The van der Waals surface area contributed by atoms with E-state index in [1.807, 2.05) is 26.0 Å². The highest BCUT2D eigenvalue weighted by molar-refractivity contribution is 7.90. The normalized spacial score (nSPS) is 19.5. The van der Waals surface area contributed by atoms with E-state index in [-0.39, 0.29) is 6.04 Å². The Labute approximate surface area is 126 Å². The molecule has 1 aliphatic heterocycles. The van der Waals surface area contributed by atoms with Crippen LogP contribution in [0.2, 0.25) is 0 Å². The van der Waals surface area contributed by atoms with Gasteiger partial charge in [-0.2, -0.15) is 0 Å². The summed E-state index contributed by atoms with van der Waals surface area (Å²) in [5, 5.41) is 3.06. The van der Waals surface area contributed by atoms with Gasteiger partial charge in [-0.3, -0.25) is 0 Å². The second-order valence-electron chi connectivity index (χ2n) is 5.40. The smallest absolute Gasteiger partial charge is 0.266 e. The van der Waals surface area contributed by atoms with Crippen LogP contribution in [0.3, 0.4) is 0 Å². The Balaban J connectivity index is 2.33. The second-order valence-corrected chi connectivity index (χ2v) is 7.05. The van der Waals surface area contributed by atoms with Crippen LogP contribution < -0.4 is 10.0 Å². The van der Waals surface area contributed by atoms with Crippen LogP contribution in [0.15, 0.2) is 28.1 Å². The first kappa shape index (κ1) is 15.8. The Bertz CT molecular complexity index is 638. The standard InChI is InChI=1S/C15H23N3O2S/c1-4-6-7-12-8-9-13-14(10-12)21(19,20)18-15(17-13)16-11(3)5-2/h8-11H,4-7H2,1-3H3,(H2,16,17,18). The van der Waals surface area contributed by atoms with E-state index in [0.717, 1.165) is 31.2 Å². The fourth-order valence-electron chi connectivity index (χ4n) is 2.13. The zero-order valence-corrected chi connectivity index (χ0v) is 13.6. The number of sulfonamides is 1. The Kier molecular flexibility index (Phi) is 4.88. The van der Waals surface area contributed by atoms with Crippen molar-refractivity contribution >= 4 is 21.7 Å². The van der Waals surface area contributed by atoms with Crippen LogP contribution in [-0.2, 0) is 16.4 Å². The van der Waals surface area contributed by atoms with Gasteiger partial charge in [0, 0.05) is 0 Å². The quantitative estimate of drug-likeness (QED) is 0.878. The summed E-state index contributed by atoms with van der Waals surface area (Å²) in [6.45, 7) is 6.09. The average Bonchev–Trinajstić information content (AvgIpc) is 2.44. The van der Waals surface area contributed by atoms with E-state index in [4.69, 9.17) is 0 Å². The molecular weight excluding hydrogens is 286 g/mol. The highest BCUT2D eigenvalue weighted by Gasteiger charge is 2.26.